The van der Waals surface area contributed by atoms with Crippen LogP contribution in [0.25, 0.3) is 10.9 Å². The topological polar surface area (TPSA) is 95.0 Å². The second kappa shape index (κ2) is 7.20. The number of hydrogen-bond donors (Lipinski definition) is 2. The van der Waals surface area contributed by atoms with Crippen molar-refractivity contribution in [2.75, 3.05) is 6.61 Å². The van der Waals surface area contributed by atoms with Crippen molar-refractivity contribution in [1.82, 2.24) is 10.3 Å². The average molecular weight is 353 g/mol. The number of nitrogens with one attached hydrogen (secondary N) is 2. The first-order chi connectivity index (χ1) is 12.4. The number of amides is 1. The van der Waals surface area contributed by atoms with Crippen molar-refractivity contribution >= 4 is 22.8 Å². The van der Waals surface area contributed by atoms with E-state index in [1.54, 1.807) is 6.07 Å². The summed E-state index contributed by atoms with van der Waals surface area (Å²) in [6.45, 7) is 3.58. The molecular weight excluding hydrogens is 330 g/mol. The van der Waals surface area contributed by atoms with Gasteiger partial charge in [0.2, 0.25) is 0 Å². The number of esters is 1. The summed E-state index contributed by atoms with van der Waals surface area (Å²) in [5.41, 5.74) is 2.53. The van der Waals surface area contributed by atoms with E-state index in [0.29, 0.717) is 18.5 Å². The average Bonchev–Trinajstić information content (AvgIpc) is 3.05. The van der Waals surface area contributed by atoms with E-state index in [4.69, 9.17) is 4.74 Å². The highest BCUT2D eigenvalue weighted by Gasteiger charge is 2.33. The summed E-state index contributed by atoms with van der Waals surface area (Å²) in [5, 5.41) is 13.1. The summed E-state index contributed by atoms with van der Waals surface area (Å²) < 4.78 is 5.13. The molecule has 26 heavy (non-hydrogen) atoms. The Hall–Kier alpha value is -2.81. The molecule has 1 saturated carbocycles. The molecule has 1 heterocycles. The van der Waals surface area contributed by atoms with Crippen LogP contribution in [0.1, 0.15) is 53.7 Å². The van der Waals surface area contributed by atoms with Gasteiger partial charge in [-0.3, -0.25) is 4.79 Å². The fourth-order valence-corrected chi connectivity index (χ4v) is 3.64. The molecule has 0 radical (unpaired) electrons. The quantitative estimate of drug-likeness (QED) is 0.825. The second-order valence-corrected chi connectivity index (χ2v) is 7.10. The summed E-state index contributed by atoms with van der Waals surface area (Å²) in [6, 6.07) is 7.97. The zero-order chi connectivity index (χ0) is 18.7. The molecule has 3 rings (SSSR count). The van der Waals surface area contributed by atoms with Gasteiger partial charge in [-0.25, -0.2) is 4.79 Å². The number of fused-ring (bicyclic) bond motifs is 1. The van der Waals surface area contributed by atoms with Crippen LogP contribution in [0, 0.1) is 25.2 Å². The molecule has 0 spiro atoms. The molecule has 1 aromatic carbocycles. The summed E-state index contributed by atoms with van der Waals surface area (Å²) in [7, 11) is 0. The SMILES string of the molecule is Cc1cc(C)c2cc(C(=O)OCC(=O)NC3(C#N)CCCCC3)[nH]c2c1. The number of aryl methyl sites for hydroxylation is 2. The lowest BCUT2D eigenvalue weighted by atomic mass is 9.83. The molecule has 0 atom stereocenters. The summed E-state index contributed by atoms with van der Waals surface area (Å²) >= 11 is 0. The number of ether oxygens (including phenoxy) is 1. The van der Waals surface area contributed by atoms with Gasteiger partial charge >= 0.3 is 5.97 Å². The molecule has 1 aliphatic carbocycles. The molecule has 1 fully saturated rings. The highest BCUT2D eigenvalue weighted by atomic mass is 16.5. The Morgan fingerprint density at radius 3 is 2.65 bits per heavy atom. The largest absolute Gasteiger partial charge is 0.451 e. The van der Waals surface area contributed by atoms with Crippen molar-refractivity contribution in [3.05, 3.63) is 35.0 Å². The first kappa shape index (κ1) is 18.0. The zero-order valence-corrected chi connectivity index (χ0v) is 15.1. The number of H-pyrrole nitrogens is 1. The number of benzene rings is 1. The van der Waals surface area contributed by atoms with Crippen LogP contribution in [0.3, 0.4) is 0 Å². The van der Waals surface area contributed by atoms with Crippen LogP contribution in [-0.2, 0) is 9.53 Å². The van der Waals surface area contributed by atoms with Gasteiger partial charge in [0.05, 0.1) is 6.07 Å². The number of hydrogen-bond acceptors (Lipinski definition) is 4. The molecular formula is C20H23N3O3. The van der Waals surface area contributed by atoms with E-state index in [1.165, 1.54) is 0 Å². The van der Waals surface area contributed by atoms with E-state index >= 15 is 0 Å². The lowest BCUT2D eigenvalue weighted by Gasteiger charge is -2.31. The molecule has 0 bridgehead atoms. The maximum atomic E-state index is 12.3. The molecule has 136 valence electrons. The molecule has 1 aliphatic rings. The number of aromatic amines is 1. The lowest BCUT2D eigenvalue weighted by Crippen LogP contribution is -2.50. The molecule has 0 aliphatic heterocycles. The van der Waals surface area contributed by atoms with Crippen LogP contribution in [0.2, 0.25) is 0 Å². The number of carbonyl (C=O) groups excluding carboxylic acids is 2. The van der Waals surface area contributed by atoms with Crippen molar-refractivity contribution in [1.29, 1.82) is 5.26 Å². The molecule has 2 aromatic rings. The van der Waals surface area contributed by atoms with Gasteiger partial charge in [0.25, 0.3) is 5.91 Å². The first-order valence-electron chi connectivity index (χ1n) is 8.92. The fraction of sp³-hybridized carbons (Fsp3) is 0.450. The van der Waals surface area contributed by atoms with Crippen molar-refractivity contribution in [2.24, 2.45) is 0 Å². The predicted octanol–water partition coefficient (Wildman–Crippen LogP) is 3.28. The van der Waals surface area contributed by atoms with Gasteiger partial charge in [-0.15, -0.1) is 0 Å². The second-order valence-electron chi connectivity index (χ2n) is 7.10. The molecule has 1 aromatic heterocycles. The van der Waals surface area contributed by atoms with Gasteiger partial charge in [0, 0.05) is 10.9 Å². The highest BCUT2D eigenvalue weighted by molar-refractivity contribution is 5.97. The maximum Gasteiger partial charge on any atom is 0.355 e. The first-order valence-corrected chi connectivity index (χ1v) is 8.92. The molecule has 6 heteroatoms. The fourth-order valence-electron chi connectivity index (χ4n) is 3.64. The molecule has 0 unspecified atom stereocenters. The lowest BCUT2D eigenvalue weighted by molar-refractivity contribution is -0.125. The van der Waals surface area contributed by atoms with Crippen molar-refractivity contribution in [3.63, 3.8) is 0 Å². The Morgan fingerprint density at radius 2 is 1.96 bits per heavy atom. The van der Waals surface area contributed by atoms with E-state index in [9.17, 15) is 14.9 Å². The van der Waals surface area contributed by atoms with Gasteiger partial charge in [-0.2, -0.15) is 5.26 Å². The molecule has 0 saturated heterocycles. The van der Waals surface area contributed by atoms with E-state index in [1.807, 2.05) is 26.0 Å². The summed E-state index contributed by atoms with van der Waals surface area (Å²) in [4.78, 5) is 27.4. The smallest absolute Gasteiger partial charge is 0.355 e. The minimum Gasteiger partial charge on any atom is -0.451 e. The van der Waals surface area contributed by atoms with Crippen molar-refractivity contribution in [3.8, 4) is 6.07 Å². The Balaban J connectivity index is 1.62. The van der Waals surface area contributed by atoms with Crippen LogP contribution in [-0.4, -0.2) is 29.0 Å². The zero-order valence-electron chi connectivity index (χ0n) is 15.1. The van der Waals surface area contributed by atoms with Crippen LogP contribution < -0.4 is 5.32 Å². The number of nitriles is 1. The number of carbonyl (C=O) groups is 2. The van der Waals surface area contributed by atoms with Gasteiger partial charge in [-0.1, -0.05) is 25.3 Å². The van der Waals surface area contributed by atoms with Crippen LogP contribution in [0.15, 0.2) is 18.2 Å². The Labute approximate surface area is 152 Å². The highest BCUT2D eigenvalue weighted by Crippen LogP contribution is 2.27. The minimum absolute atomic E-state index is 0.314. The Morgan fingerprint density at radius 1 is 1.23 bits per heavy atom. The van der Waals surface area contributed by atoms with Crippen molar-refractivity contribution < 1.29 is 14.3 Å². The van der Waals surface area contributed by atoms with Gasteiger partial charge in [0.15, 0.2) is 6.61 Å². The normalized spacial score (nSPS) is 16.0. The van der Waals surface area contributed by atoms with E-state index < -0.39 is 24.0 Å². The van der Waals surface area contributed by atoms with E-state index in [-0.39, 0.29) is 0 Å². The number of nitrogens with zero attached hydrogens (tertiary/aromatic N) is 1. The molecule has 1 amide bonds. The number of aromatic nitrogens is 1. The predicted molar refractivity (Wildman–Crippen MR) is 97.6 cm³/mol. The van der Waals surface area contributed by atoms with Gasteiger partial charge in [-0.05, 0) is 49.9 Å². The maximum absolute atomic E-state index is 12.3. The summed E-state index contributed by atoms with van der Waals surface area (Å²) in [6.07, 6.45) is 4.20. The van der Waals surface area contributed by atoms with Crippen molar-refractivity contribution in [2.45, 2.75) is 51.5 Å². The Bertz CT molecular complexity index is 886. The van der Waals surface area contributed by atoms with E-state index in [2.05, 4.69) is 16.4 Å². The van der Waals surface area contributed by atoms with Gasteiger partial charge < -0.3 is 15.0 Å². The van der Waals surface area contributed by atoms with Crippen LogP contribution >= 0.6 is 0 Å². The van der Waals surface area contributed by atoms with Gasteiger partial charge in [0.1, 0.15) is 11.2 Å². The minimum atomic E-state index is -0.822. The van der Waals surface area contributed by atoms with Crippen LogP contribution in [0.4, 0.5) is 0 Å². The third-order valence-electron chi connectivity index (χ3n) is 4.94. The Kier molecular flexibility index (Phi) is 4.99. The third kappa shape index (κ3) is 3.72. The summed E-state index contributed by atoms with van der Waals surface area (Å²) in [5.74, 6) is -1.02. The number of rotatable bonds is 4. The third-order valence-corrected chi connectivity index (χ3v) is 4.94. The monoisotopic (exact) mass is 353 g/mol. The molecule has 6 nitrogen and oxygen atoms in total. The standard InChI is InChI=1S/C20H23N3O3/c1-13-8-14(2)15-10-17(22-16(15)9-13)19(25)26-11-18(24)23-20(12-21)6-4-3-5-7-20/h8-10,22H,3-7,11H2,1-2H3,(H,23,24). The van der Waals surface area contributed by atoms with Crippen LogP contribution in [0.5, 0.6) is 0 Å². The molecule has 2 N–H and O–H groups in total. The van der Waals surface area contributed by atoms with E-state index in [0.717, 1.165) is 41.3 Å².